The normalized spacial score (nSPS) is 11.7. The van der Waals surface area contributed by atoms with E-state index in [1.54, 1.807) is 0 Å². The molecule has 7 heteroatoms. The zero-order valence-electron chi connectivity index (χ0n) is 11.4. The van der Waals surface area contributed by atoms with Crippen LogP contribution in [-0.4, -0.2) is 34.7 Å². The van der Waals surface area contributed by atoms with E-state index < -0.39 is 22.8 Å². The maximum Gasteiger partial charge on any atom is 0.269 e. The number of non-ortho nitro benzene ring substituents is 1. The van der Waals surface area contributed by atoms with Crippen molar-refractivity contribution in [1.29, 1.82) is 0 Å². The standard InChI is InChI=1S/C13H17N3O4/c1-3-4-11(12(14)17)15(2)13(18)9-5-7-10(8-6-9)16(19)20/h5-8,11H,3-4H2,1-2H3,(H2,14,17). The molecule has 1 aromatic rings. The monoisotopic (exact) mass is 279 g/mol. The minimum atomic E-state index is -0.678. The summed E-state index contributed by atoms with van der Waals surface area (Å²) in [6, 6.07) is 4.55. The maximum atomic E-state index is 12.2. The van der Waals surface area contributed by atoms with E-state index >= 15 is 0 Å². The Morgan fingerprint density at radius 3 is 2.30 bits per heavy atom. The fraction of sp³-hybridized carbons (Fsp3) is 0.385. The first kappa shape index (κ1) is 15.6. The molecule has 20 heavy (non-hydrogen) atoms. The van der Waals surface area contributed by atoms with E-state index in [9.17, 15) is 19.7 Å². The largest absolute Gasteiger partial charge is 0.368 e. The molecule has 0 heterocycles. The summed E-state index contributed by atoms with van der Waals surface area (Å²) in [5.41, 5.74) is 5.47. The molecule has 0 saturated carbocycles. The van der Waals surface area contributed by atoms with Crippen LogP contribution in [0, 0.1) is 10.1 Å². The molecular formula is C13H17N3O4. The first-order chi connectivity index (χ1) is 9.38. The Morgan fingerprint density at radius 1 is 1.35 bits per heavy atom. The lowest BCUT2D eigenvalue weighted by Gasteiger charge is -2.25. The summed E-state index contributed by atoms with van der Waals surface area (Å²) in [5, 5.41) is 10.5. The van der Waals surface area contributed by atoms with Crippen LogP contribution in [0.1, 0.15) is 30.1 Å². The number of rotatable bonds is 6. The summed E-state index contributed by atoms with van der Waals surface area (Å²) in [6.45, 7) is 1.89. The number of nitro benzene ring substituents is 1. The average Bonchev–Trinajstić information content (AvgIpc) is 2.43. The molecule has 1 rings (SSSR count). The van der Waals surface area contributed by atoms with Crippen LogP contribution in [-0.2, 0) is 4.79 Å². The van der Waals surface area contributed by atoms with E-state index in [-0.39, 0.29) is 11.3 Å². The van der Waals surface area contributed by atoms with Gasteiger partial charge in [-0.15, -0.1) is 0 Å². The fourth-order valence-electron chi connectivity index (χ4n) is 1.87. The second kappa shape index (κ2) is 6.65. The van der Waals surface area contributed by atoms with Gasteiger partial charge in [0.1, 0.15) is 6.04 Å². The van der Waals surface area contributed by atoms with Gasteiger partial charge in [-0.3, -0.25) is 19.7 Å². The fourth-order valence-corrected chi connectivity index (χ4v) is 1.87. The van der Waals surface area contributed by atoms with Crippen molar-refractivity contribution >= 4 is 17.5 Å². The zero-order chi connectivity index (χ0) is 15.3. The minimum absolute atomic E-state index is 0.0933. The average molecular weight is 279 g/mol. The predicted molar refractivity (Wildman–Crippen MR) is 73.1 cm³/mol. The molecule has 1 atom stereocenters. The maximum absolute atomic E-state index is 12.2. The number of carbonyl (C=O) groups is 2. The highest BCUT2D eigenvalue weighted by Gasteiger charge is 2.25. The molecule has 7 nitrogen and oxygen atoms in total. The van der Waals surface area contributed by atoms with E-state index in [4.69, 9.17) is 5.73 Å². The van der Waals surface area contributed by atoms with Gasteiger partial charge in [-0.05, 0) is 18.6 Å². The third-order valence-corrected chi connectivity index (χ3v) is 3.00. The van der Waals surface area contributed by atoms with E-state index in [0.717, 1.165) is 0 Å². The second-order valence-electron chi connectivity index (χ2n) is 4.43. The summed E-state index contributed by atoms with van der Waals surface area (Å²) in [7, 11) is 1.49. The number of amides is 2. The molecule has 2 N–H and O–H groups in total. The minimum Gasteiger partial charge on any atom is -0.368 e. The van der Waals surface area contributed by atoms with Crippen molar-refractivity contribution in [2.45, 2.75) is 25.8 Å². The number of nitrogens with zero attached hydrogens (tertiary/aromatic N) is 2. The summed E-state index contributed by atoms with van der Waals surface area (Å²) >= 11 is 0. The summed E-state index contributed by atoms with van der Waals surface area (Å²) in [4.78, 5) is 34.8. The molecule has 0 fully saturated rings. The first-order valence-electron chi connectivity index (χ1n) is 6.19. The van der Waals surface area contributed by atoms with E-state index in [1.165, 1.54) is 36.2 Å². The van der Waals surface area contributed by atoms with Gasteiger partial charge >= 0.3 is 0 Å². The topological polar surface area (TPSA) is 107 Å². The van der Waals surface area contributed by atoms with Crippen LogP contribution < -0.4 is 5.73 Å². The number of primary amides is 1. The molecule has 0 aliphatic carbocycles. The Balaban J connectivity index is 2.92. The highest BCUT2D eigenvalue weighted by atomic mass is 16.6. The van der Waals surface area contributed by atoms with Crippen molar-refractivity contribution in [3.63, 3.8) is 0 Å². The third-order valence-electron chi connectivity index (χ3n) is 3.00. The quantitative estimate of drug-likeness (QED) is 0.626. The number of benzene rings is 1. The van der Waals surface area contributed by atoms with E-state index in [0.29, 0.717) is 12.8 Å². The lowest BCUT2D eigenvalue weighted by molar-refractivity contribution is -0.384. The molecule has 0 aliphatic heterocycles. The van der Waals surface area contributed by atoms with Crippen molar-refractivity contribution in [2.75, 3.05) is 7.05 Å². The number of nitrogens with two attached hydrogens (primary N) is 1. The molecule has 0 aromatic heterocycles. The lowest BCUT2D eigenvalue weighted by atomic mass is 10.1. The van der Waals surface area contributed by atoms with Crippen molar-refractivity contribution in [3.05, 3.63) is 39.9 Å². The third kappa shape index (κ3) is 3.53. The summed E-state index contributed by atoms with van der Waals surface area (Å²) in [6.07, 6.45) is 1.19. The molecule has 2 amide bonds. The second-order valence-corrected chi connectivity index (χ2v) is 4.43. The van der Waals surface area contributed by atoms with Crippen molar-refractivity contribution in [2.24, 2.45) is 5.73 Å². The van der Waals surface area contributed by atoms with Crippen LogP contribution in [0.15, 0.2) is 24.3 Å². The van der Waals surface area contributed by atoms with Crippen LogP contribution in [0.5, 0.6) is 0 Å². The molecule has 108 valence electrons. The van der Waals surface area contributed by atoms with Gasteiger partial charge in [0.15, 0.2) is 0 Å². The molecule has 0 bridgehead atoms. The number of hydrogen-bond acceptors (Lipinski definition) is 4. The summed E-state index contributed by atoms with van der Waals surface area (Å²) < 4.78 is 0. The van der Waals surface area contributed by atoms with Crippen LogP contribution in [0.3, 0.4) is 0 Å². The molecule has 0 saturated heterocycles. The Morgan fingerprint density at radius 2 is 1.90 bits per heavy atom. The Kier molecular flexibility index (Phi) is 5.19. The van der Waals surface area contributed by atoms with Crippen molar-refractivity contribution in [1.82, 2.24) is 4.90 Å². The molecular weight excluding hydrogens is 262 g/mol. The van der Waals surface area contributed by atoms with E-state index in [2.05, 4.69) is 0 Å². The van der Waals surface area contributed by atoms with Gasteiger partial charge in [-0.1, -0.05) is 13.3 Å². The van der Waals surface area contributed by atoms with Crippen LogP contribution >= 0.6 is 0 Å². The Bertz CT molecular complexity index is 513. The van der Waals surface area contributed by atoms with Crippen LogP contribution in [0.4, 0.5) is 5.69 Å². The molecule has 0 aliphatic rings. The predicted octanol–water partition coefficient (Wildman–Crippen LogP) is 1.32. The van der Waals surface area contributed by atoms with E-state index in [1.807, 2.05) is 6.92 Å². The highest BCUT2D eigenvalue weighted by Crippen LogP contribution is 2.15. The Hall–Kier alpha value is -2.44. The van der Waals surface area contributed by atoms with Gasteiger partial charge in [0.05, 0.1) is 4.92 Å². The number of nitro groups is 1. The highest BCUT2D eigenvalue weighted by molar-refractivity contribution is 5.97. The number of carbonyl (C=O) groups excluding carboxylic acids is 2. The lowest BCUT2D eigenvalue weighted by Crippen LogP contribution is -2.45. The SMILES string of the molecule is CCCC(C(N)=O)N(C)C(=O)c1ccc([N+](=O)[O-])cc1. The molecule has 1 unspecified atom stereocenters. The smallest absolute Gasteiger partial charge is 0.269 e. The van der Waals surface area contributed by atoms with Gasteiger partial charge in [0.2, 0.25) is 5.91 Å². The van der Waals surface area contributed by atoms with Crippen molar-refractivity contribution < 1.29 is 14.5 Å². The van der Waals surface area contributed by atoms with Gasteiger partial charge in [0.25, 0.3) is 11.6 Å². The van der Waals surface area contributed by atoms with Gasteiger partial charge in [-0.2, -0.15) is 0 Å². The van der Waals surface area contributed by atoms with Crippen LogP contribution in [0.2, 0.25) is 0 Å². The van der Waals surface area contributed by atoms with Crippen LogP contribution in [0.25, 0.3) is 0 Å². The molecule has 1 aromatic carbocycles. The van der Waals surface area contributed by atoms with Crippen molar-refractivity contribution in [3.8, 4) is 0 Å². The molecule has 0 radical (unpaired) electrons. The Labute approximate surface area is 116 Å². The molecule has 0 spiro atoms. The zero-order valence-corrected chi connectivity index (χ0v) is 11.4. The van der Waals surface area contributed by atoms with Gasteiger partial charge < -0.3 is 10.6 Å². The number of hydrogen-bond donors (Lipinski definition) is 1. The first-order valence-corrected chi connectivity index (χ1v) is 6.19. The van der Waals surface area contributed by atoms with Gasteiger partial charge in [-0.25, -0.2) is 0 Å². The number of likely N-dealkylation sites (N-methyl/N-ethyl adjacent to an activating group) is 1. The van der Waals surface area contributed by atoms with Gasteiger partial charge in [0, 0.05) is 24.7 Å². The summed E-state index contributed by atoms with van der Waals surface area (Å²) in [5.74, 6) is -0.957.